The summed E-state index contributed by atoms with van der Waals surface area (Å²) in [4.78, 5) is 31.1. The van der Waals surface area contributed by atoms with Gasteiger partial charge in [-0.15, -0.1) is 5.10 Å². The fourth-order valence-corrected chi connectivity index (χ4v) is 4.19. The van der Waals surface area contributed by atoms with Crippen LogP contribution in [0.15, 0.2) is 24.3 Å². The van der Waals surface area contributed by atoms with Gasteiger partial charge in [-0.05, 0) is 38.8 Å². The van der Waals surface area contributed by atoms with Crippen molar-refractivity contribution < 1.29 is 27.6 Å². The van der Waals surface area contributed by atoms with E-state index in [-0.39, 0.29) is 17.3 Å². The van der Waals surface area contributed by atoms with Crippen LogP contribution in [0.3, 0.4) is 0 Å². The van der Waals surface area contributed by atoms with E-state index in [0.717, 1.165) is 25.7 Å². The van der Waals surface area contributed by atoms with Crippen LogP contribution in [-0.4, -0.2) is 58.1 Å². The maximum absolute atomic E-state index is 12.8. The molecule has 1 aromatic carbocycles. The Hall–Kier alpha value is -2.62. The van der Waals surface area contributed by atoms with Gasteiger partial charge in [-0.2, -0.15) is 13.2 Å². The number of benzene rings is 1. The summed E-state index contributed by atoms with van der Waals surface area (Å²) in [5, 5.41) is 7.08. The Morgan fingerprint density at radius 1 is 1.18 bits per heavy atom. The number of hydrogen-bond donors (Lipinski definition) is 1. The number of rotatable bonds is 3. The number of fused-ring (bicyclic) bond motifs is 3. The Kier molecular flexibility index (Phi) is 4.53. The predicted octanol–water partition coefficient (Wildman–Crippen LogP) is 1.91. The number of amides is 1. The molecule has 1 N–H and O–H groups in total. The summed E-state index contributed by atoms with van der Waals surface area (Å²) in [5.74, 6) is -2.90. The molecular weight excluding hydrogens is 377 g/mol. The molecule has 1 amide bonds. The maximum atomic E-state index is 12.8. The van der Waals surface area contributed by atoms with Crippen molar-refractivity contribution in [2.45, 2.75) is 50.0 Å². The van der Waals surface area contributed by atoms with Crippen molar-refractivity contribution in [1.82, 2.24) is 20.2 Å². The highest BCUT2D eigenvalue weighted by atomic mass is 19.4. The van der Waals surface area contributed by atoms with Crippen LogP contribution in [0, 0.1) is 0 Å². The Morgan fingerprint density at radius 2 is 1.82 bits per heavy atom. The molecule has 3 heterocycles. The third kappa shape index (κ3) is 3.32. The van der Waals surface area contributed by atoms with Gasteiger partial charge in [0.05, 0.1) is 0 Å². The lowest BCUT2D eigenvalue weighted by Gasteiger charge is -2.36. The van der Waals surface area contributed by atoms with Crippen molar-refractivity contribution in [2.24, 2.45) is 0 Å². The van der Waals surface area contributed by atoms with E-state index in [1.165, 1.54) is 6.07 Å². The zero-order valence-electron chi connectivity index (χ0n) is 15.1. The van der Waals surface area contributed by atoms with Crippen molar-refractivity contribution in [3.05, 3.63) is 30.0 Å². The number of hydrogen-bond acceptors (Lipinski definition) is 5. The molecule has 0 spiro atoms. The lowest BCUT2D eigenvalue weighted by molar-refractivity contribution is -0.200. The minimum atomic E-state index is -5.16. The Bertz CT molecular complexity index is 912. The van der Waals surface area contributed by atoms with Gasteiger partial charge in [0.15, 0.2) is 5.69 Å². The molecule has 2 bridgehead atoms. The highest BCUT2D eigenvalue weighted by Crippen LogP contribution is 2.34. The van der Waals surface area contributed by atoms with Crippen molar-refractivity contribution in [3.8, 4) is 0 Å². The van der Waals surface area contributed by atoms with Gasteiger partial charge in [-0.3, -0.25) is 4.79 Å². The number of carbonyl (C=O) groups excluding carboxylic acids is 2. The Balaban J connectivity index is 1.57. The standard InChI is InChI=1S/C18H19F3N4O3/c1-24-11-6-7-12(24)9-10(8-11)22-16(26)15-13-4-2-3-5-14(13)25(23-15)28-17(27)18(19,20)21/h2-5,10-12H,6-9H2,1H3,(H,22,26)/t10-,11-,12+. The van der Waals surface area contributed by atoms with Gasteiger partial charge < -0.3 is 15.1 Å². The van der Waals surface area contributed by atoms with E-state index >= 15 is 0 Å². The number of carbonyl (C=O) groups is 2. The van der Waals surface area contributed by atoms with E-state index in [1.807, 2.05) is 0 Å². The second-order valence-electron chi connectivity index (χ2n) is 7.31. The predicted molar refractivity (Wildman–Crippen MR) is 92.4 cm³/mol. The quantitative estimate of drug-likeness (QED) is 0.858. The van der Waals surface area contributed by atoms with Gasteiger partial charge in [0, 0.05) is 23.5 Å². The van der Waals surface area contributed by atoms with Crippen LogP contribution >= 0.6 is 0 Å². The second-order valence-corrected chi connectivity index (χ2v) is 7.31. The van der Waals surface area contributed by atoms with Gasteiger partial charge in [0.25, 0.3) is 5.91 Å². The first-order valence-electron chi connectivity index (χ1n) is 9.04. The van der Waals surface area contributed by atoms with Crippen LogP contribution in [0.1, 0.15) is 36.2 Å². The number of alkyl halides is 3. The Labute approximate surface area is 158 Å². The van der Waals surface area contributed by atoms with E-state index in [2.05, 4.69) is 27.2 Å². The molecule has 0 saturated carbocycles. The third-order valence-corrected chi connectivity index (χ3v) is 5.61. The van der Waals surface area contributed by atoms with E-state index in [1.54, 1.807) is 18.2 Å². The smallest absolute Gasteiger partial charge is 0.348 e. The number of halogens is 3. The van der Waals surface area contributed by atoms with Crippen LogP contribution in [0.25, 0.3) is 10.9 Å². The molecule has 2 fully saturated rings. The highest BCUT2D eigenvalue weighted by molar-refractivity contribution is 6.05. The normalized spacial score (nSPS) is 25.1. The molecule has 0 unspecified atom stereocenters. The molecule has 28 heavy (non-hydrogen) atoms. The SMILES string of the molecule is CN1[C@@H]2CC[C@H]1C[C@H](NC(=O)c1nn(OC(=O)C(F)(F)F)c3ccccc13)C2. The zero-order valence-corrected chi connectivity index (χ0v) is 15.1. The molecule has 0 aliphatic carbocycles. The number of nitrogens with zero attached hydrogens (tertiary/aromatic N) is 3. The number of para-hydroxylation sites is 1. The fourth-order valence-electron chi connectivity index (χ4n) is 4.19. The first-order valence-corrected chi connectivity index (χ1v) is 9.04. The molecule has 10 heteroatoms. The molecule has 150 valence electrons. The average molecular weight is 396 g/mol. The Morgan fingerprint density at radius 3 is 2.46 bits per heavy atom. The van der Waals surface area contributed by atoms with Crippen molar-refractivity contribution in [2.75, 3.05) is 7.05 Å². The van der Waals surface area contributed by atoms with Gasteiger partial charge in [-0.1, -0.05) is 23.0 Å². The lowest BCUT2D eigenvalue weighted by Crippen LogP contribution is -2.48. The molecular formula is C18H19F3N4O3. The van der Waals surface area contributed by atoms with E-state index in [0.29, 0.717) is 22.3 Å². The summed E-state index contributed by atoms with van der Waals surface area (Å²) in [5.41, 5.74) is 0.0329. The van der Waals surface area contributed by atoms with Crippen LogP contribution < -0.4 is 10.2 Å². The maximum Gasteiger partial charge on any atom is 0.493 e. The number of aromatic nitrogens is 2. The number of nitrogens with one attached hydrogen (secondary N) is 1. The van der Waals surface area contributed by atoms with Gasteiger partial charge in [0.2, 0.25) is 0 Å². The summed E-state index contributed by atoms with van der Waals surface area (Å²) < 4.78 is 37.6. The van der Waals surface area contributed by atoms with Gasteiger partial charge in [0.1, 0.15) is 5.52 Å². The van der Waals surface area contributed by atoms with Crippen LogP contribution in [-0.2, 0) is 4.79 Å². The molecule has 7 nitrogen and oxygen atoms in total. The molecule has 2 aliphatic rings. The second kappa shape index (κ2) is 6.77. The highest BCUT2D eigenvalue weighted by Gasteiger charge is 2.43. The summed E-state index contributed by atoms with van der Waals surface area (Å²) >= 11 is 0. The van der Waals surface area contributed by atoms with E-state index in [9.17, 15) is 22.8 Å². The van der Waals surface area contributed by atoms with E-state index < -0.39 is 18.1 Å². The van der Waals surface area contributed by atoms with Crippen molar-refractivity contribution in [1.29, 1.82) is 0 Å². The summed E-state index contributed by atoms with van der Waals surface area (Å²) in [6.07, 6.45) is -1.33. The lowest BCUT2D eigenvalue weighted by atomic mass is 9.98. The van der Waals surface area contributed by atoms with Crippen molar-refractivity contribution in [3.63, 3.8) is 0 Å². The molecule has 1 aromatic heterocycles. The van der Waals surface area contributed by atoms with E-state index in [4.69, 9.17) is 0 Å². The van der Waals surface area contributed by atoms with Crippen molar-refractivity contribution >= 4 is 22.8 Å². The minimum absolute atomic E-state index is 0.0252. The summed E-state index contributed by atoms with van der Waals surface area (Å²) in [6, 6.07) is 6.98. The molecule has 2 aromatic rings. The fraction of sp³-hybridized carbons (Fsp3) is 0.500. The minimum Gasteiger partial charge on any atom is -0.348 e. The molecule has 2 aliphatic heterocycles. The molecule has 3 atom stereocenters. The van der Waals surface area contributed by atoms with Crippen LogP contribution in [0.5, 0.6) is 0 Å². The topological polar surface area (TPSA) is 76.5 Å². The van der Waals surface area contributed by atoms with Crippen LogP contribution in [0.4, 0.5) is 13.2 Å². The summed E-state index contributed by atoms with van der Waals surface area (Å²) in [6.45, 7) is 0. The molecule has 0 radical (unpaired) electrons. The molecule has 2 saturated heterocycles. The van der Waals surface area contributed by atoms with Crippen LogP contribution in [0.2, 0.25) is 0 Å². The average Bonchev–Trinajstić information content (AvgIpc) is 3.07. The first kappa shape index (κ1) is 18.7. The molecule has 4 rings (SSSR count). The monoisotopic (exact) mass is 396 g/mol. The largest absolute Gasteiger partial charge is 0.493 e. The zero-order chi connectivity index (χ0) is 20.1. The van der Waals surface area contributed by atoms with Gasteiger partial charge >= 0.3 is 12.1 Å². The van der Waals surface area contributed by atoms with Gasteiger partial charge in [-0.25, -0.2) is 4.79 Å². The number of piperidine rings is 1. The first-order chi connectivity index (χ1) is 13.2. The third-order valence-electron chi connectivity index (χ3n) is 5.61. The summed E-state index contributed by atoms with van der Waals surface area (Å²) in [7, 11) is 2.09.